The largest absolute Gasteiger partial charge is 0.373 e. The highest BCUT2D eigenvalue weighted by Gasteiger charge is 2.37. The van der Waals surface area contributed by atoms with E-state index in [1.54, 1.807) is 8.61 Å². The van der Waals surface area contributed by atoms with E-state index in [4.69, 9.17) is 4.74 Å². The summed E-state index contributed by atoms with van der Waals surface area (Å²) in [5, 5.41) is 3.18. The van der Waals surface area contributed by atoms with Gasteiger partial charge in [-0.2, -0.15) is 17.0 Å². The van der Waals surface area contributed by atoms with E-state index in [0.29, 0.717) is 26.2 Å². The number of likely N-dealkylation sites (N-methyl/N-ethyl adjacent to an activating group) is 1. The molecule has 2 aliphatic heterocycles. The molecule has 1 N–H and O–H groups in total. The second-order valence-electron chi connectivity index (χ2n) is 5.57. The van der Waals surface area contributed by atoms with E-state index in [9.17, 15) is 8.42 Å². The van der Waals surface area contributed by atoms with E-state index in [1.165, 1.54) is 0 Å². The Labute approximate surface area is 116 Å². The normalized spacial score (nSPS) is 35.4. The van der Waals surface area contributed by atoms with Crippen molar-refractivity contribution in [2.45, 2.75) is 44.9 Å². The molecule has 7 heteroatoms. The van der Waals surface area contributed by atoms with Crippen molar-refractivity contribution < 1.29 is 13.2 Å². The first-order valence-electron chi connectivity index (χ1n) is 7.01. The van der Waals surface area contributed by atoms with Gasteiger partial charge in [-0.1, -0.05) is 0 Å². The van der Waals surface area contributed by atoms with Crippen molar-refractivity contribution in [3.05, 3.63) is 0 Å². The molecule has 19 heavy (non-hydrogen) atoms. The first-order valence-corrected chi connectivity index (χ1v) is 8.41. The Kier molecular flexibility index (Phi) is 4.84. The van der Waals surface area contributed by atoms with Gasteiger partial charge in [0.25, 0.3) is 10.2 Å². The molecular formula is C12H25N3O3S. The van der Waals surface area contributed by atoms with Crippen LogP contribution in [0.2, 0.25) is 0 Å². The Balaban J connectivity index is 2.08. The molecule has 6 nitrogen and oxygen atoms in total. The third-order valence-corrected chi connectivity index (χ3v) is 5.77. The van der Waals surface area contributed by atoms with Crippen LogP contribution in [0.5, 0.6) is 0 Å². The molecule has 0 radical (unpaired) electrons. The summed E-state index contributed by atoms with van der Waals surface area (Å²) in [7, 11) is -1.46. The minimum absolute atomic E-state index is 0.0385. The van der Waals surface area contributed by atoms with Crippen LogP contribution >= 0.6 is 0 Å². The zero-order valence-electron chi connectivity index (χ0n) is 12.0. The Morgan fingerprint density at radius 1 is 1.11 bits per heavy atom. The van der Waals surface area contributed by atoms with E-state index in [0.717, 1.165) is 12.8 Å². The molecule has 2 fully saturated rings. The first-order chi connectivity index (χ1) is 8.93. The van der Waals surface area contributed by atoms with Gasteiger partial charge in [-0.05, 0) is 33.7 Å². The van der Waals surface area contributed by atoms with Crippen molar-refractivity contribution in [1.82, 2.24) is 13.9 Å². The average Bonchev–Trinajstić information content (AvgIpc) is 2.37. The highest BCUT2D eigenvalue weighted by molar-refractivity contribution is 7.86. The van der Waals surface area contributed by atoms with Crippen molar-refractivity contribution in [3.63, 3.8) is 0 Å². The number of nitrogens with zero attached hydrogens (tertiary/aromatic N) is 2. The van der Waals surface area contributed by atoms with Crippen molar-refractivity contribution >= 4 is 10.2 Å². The van der Waals surface area contributed by atoms with E-state index in [1.807, 2.05) is 20.9 Å². The van der Waals surface area contributed by atoms with E-state index in [2.05, 4.69) is 5.32 Å². The highest BCUT2D eigenvalue weighted by atomic mass is 32.2. The van der Waals surface area contributed by atoms with Crippen LogP contribution in [0.15, 0.2) is 0 Å². The third-order valence-electron chi connectivity index (χ3n) is 3.83. The fraction of sp³-hybridized carbons (Fsp3) is 1.00. The molecular weight excluding hydrogens is 266 g/mol. The van der Waals surface area contributed by atoms with E-state index >= 15 is 0 Å². The summed E-state index contributed by atoms with van der Waals surface area (Å²) in [5.41, 5.74) is 0. The number of nitrogens with one attached hydrogen (secondary N) is 1. The van der Waals surface area contributed by atoms with Crippen LogP contribution in [0, 0.1) is 0 Å². The van der Waals surface area contributed by atoms with Crippen molar-refractivity contribution in [1.29, 1.82) is 0 Å². The maximum Gasteiger partial charge on any atom is 0.282 e. The third kappa shape index (κ3) is 3.46. The lowest BCUT2D eigenvalue weighted by atomic mass is 10.1. The Morgan fingerprint density at radius 2 is 1.74 bits per heavy atom. The lowest BCUT2D eigenvalue weighted by molar-refractivity contribution is -0.0456. The fourth-order valence-electron chi connectivity index (χ4n) is 2.87. The van der Waals surface area contributed by atoms with Crippen molar-refractivity contribution in [2.75, 3.05) is 33.2 Å². The van der Waals surface area contributed by atoms with Gasteiger partial charge >= 0.3 is 0 Å². The topological polar surface area (TPSA) is 61.9 Å². The summed E-state index contributed by atoms with van der Waals surface area (Å²) in [6.45, 7) is 5.94. The van der Waals surface area contributed by atoms with Gasteiger partial charge in [0.2, 0.25) is 0 Å². The van der Waals surface area contributed by atoms with Crippen molar-refractivity contribution in [3.8, 4) is 0 Å². The average molecular weight is 291 g/mol. The monoisotopic (exact) mass is 291 g/mol. The van der Waals surface area contributed by atoms with Crippen LogP contribution in [0.1, 0.15) is 26.7 Å². The number of ether oxygens (including phenoxy) is 1. The summed E-state index contributed by atoms with van der Waals surface area (Å²) in [5.74, 6) is 0. The molecule has 0 aliphatic carbocycles. The molecule has 2 saturated heterocycles. The van der Waals surface area contributed by atoms with Crippen LogP contribution in [0.4, 0.5) is 0 Å². The molecule has 0 amide bonds. The number of hydrogen-bond donors (Lipinski definition) is 1. The Hall–Kier alpha value is -0.210. The molecule has 3 unspecified atom stereocenters. The highest BCUT2D eigenvalue weighted by Crippen LogP contribution is 2.21. The molecule has 2 heterocycles. The molecule has 112 valence electrons. The number of hydrogen-bond acceptors (Lipinski definition) is 4. The predicted octanol–water partition coefficient (Wildman–Crippen LogP) is 0.0242. The molecule has 2 rings (SSSR count). The van der Waals surface area contributed by atoms with Gasteiger partial charge in [-0.25, -0.2) is 0 Å². The van der Waals surface area contributed by atoms with Crippen LogP contribution in [0.25, 0.3) is 0 Å². The van der Waals surface area contributed by atoms with Gasteiger partial charge in [-0.15, -0.1) is 0 Å². The fourth-order valence-corrected chi connectivity index (χ4v) is 4.72. The van der Waals surface area contributed by atoms with Gasteiger partial charge in [0.15, 0.2) is 0 Å². The minimum atomic E-state index is -3.35. The van der Waals surface area contributed by atoms with Crippen LogP contribution in [-0.2, 0) is 14.9 Å². The standard InChI is InChI=1S/C12H25N3O3S/c1-10-7-15(8-11(2)18-10)19(16,17)14-6-4-5-12(9-14)13-3/h10-13H,4-9H2,1-3H3. The Morgan fingerprint density at radius 3 is 2.32 bits per heavy atom. The number of piperidine rings is 1. The molecule has 0 aromatic carbocycles. The second-order valence-corrected chi connectivity index (χ2v) is 7.50. The summed E-state index contributed by atoms with van der Waals surface area (Å²) in [6, 6.07) is 0.263. The molecule has 0 bridgehead atoms. The molecule has 0 aromatic rings. The lowest BCUT2D eigenvalue weighted by Crippen LogP contribution is -2.56. The van der Waals surface area contributed by atoms with Gasteiger partial charge in [0, 0.05) is 32.2 Å². The quantitative estimate of drug-likeness (QED) is 0.796. The van der Waals surface area contributed by atoms with Gasteiger partial charge in [0.1, 0.15) is 0 Å². The van der Waals surface area contributed by atoms with Crippen LogP contribution < -0.4 is 5.32 Å². The summed E-state index contributed by atoms with van der Waals surface area (Å²) < 4.78 is 34.1. The zero-order chi connectivity index (χ0) is 14.0. The van der Waals surface area contributed by atoms with Gasteiger partial charge in [-0.3, -0.25) is 0 Å². The van der Waals surface area contributed by atoms with Gasteiger partial charge < -0.3 is 10.1 Å². The number of morpholine rings is 1. The molecule has 2 aliphatic rings. The maximum absolute atomic E-state index is 12.7. The first kappa shape index (κ1) is 15.2. The second kappa shape index (κ2) is 6.05. The summed E-state index contributed by atoms with van der Waals surface area (Å²) in [4.78, 5) is 0. The molecule has 3 atom stereocenters. The molecule has 0 spiro atoms. The summed E-state index contributed by atoms with van der Waals surface area (Å²) >= 11 is 0. The van der Waals surface area contributed by atoms with Crippen LogP contribution in [0.3, 0.4) is 0 Å². The molecule has 0 aromatic heterocycles. The van der Waals surface area contributed by atoms with E-state index < -0.39 is 10.2 Å². The van der Waals surface area contributed by atoms with E-state index in [-0.39, 0.29) is 18.2 Å². The maximum atomic E-state index is 12.7. The number of rotatable bonds is 3. The Bertz CT molecular complexity index is 391. The van der Waals surface area contributed by atoms with Crippen LogP contribution in [-0.4, -0.2) is 68.5 Å². The van der Waals surface area contributed by atoms with Gasteiger partial charge in [0.05, 0.1) is 12.2 Å². The summed E-state index contributed by atoms with van der Waals surface area (Å²) in [6.07, 6.45) is 1.88. The predicted molar refractivity (Wildman–Crippen MR) is 74.2 cm³/mol. The smallest absolute Gasteiger partial charge is 0.282 e. The zero-order valence-corrected chi connectivity index (χ0v) is 12.8. The lowest BCUT2D eigenvalue weighted by Gasteiger charge is -2.39. The van der Waals surface area contributed by atoms with Crippen molar-refractivity contribution in [2.24, 2.45) is 0 Å². The SMILES string of the molecule is CNC1CCCN(S(=O)(=O)N2CC(C)OC(C)C2)C1. The minimum Gasteiger partial charge on any atom is -0.373 e. The molecule has 0 saturated carbocycles.